The summed E-state index contributed by atoms with van der Waals surface area (Å²) < 4.78 is 7.27. The van der Waals surface area contributed by atoms with Gasteiger partial charge in [-0.15, -0.1) is 0 Å². The van der Waals surface area contributed by atoms with Crippen LogP contribution in [0.25, 0.3) is 0 Å². The van der Waals surface area contributed by atoms with E-state index >= 15 is 0 Å². The number of likely N-dealkylation sites (tertiary alicyclic amines) is 1. The fourth-order valence-electron chi connectivity index (χ4n) is 8.16. The van der Waals surface area contributed by atoms with Gasteiger partial charge in [0.25, 0.3) is 0 Å². The largest absolute Gasteiger partial charge is 0.413 e. The Hall–Kier alpha value is -2.52. The minimum atomic E-state index is -2.26. The Morgan fingerprint density at radius 1 is 0.959 bits per heavy atom. The molecule has 2 aromatic carbocycles. The van der Waals surface area contributed by atoms with Crippen molar-refractivity contribution in [2.45, 2.75) is 141 Å². The predicted molar refractivity (Wildman–Crippen MR) is 201 cm³/mol. The van der Waals surface area contributed by atoms with Crippen LogP contribution in [-0.2, 0) is 26.9 Å². The van der Waals surface area contributed by atoms with Crippen LogP contribution in [0.15, 0.2) is 54.6 Å². The van der Waals surface area contributed by atoms with Gasteiger partial charge >= 0.3 is 0 Å². The van der Waals surface area contributed by atoms with E-state index in [9.17, 15) is 14.7 Å². The summed E-state index contributed by atoms with van der Waals surface area (Å²) in [6.07, 6.45) is 6.58. The van der Waals surface area contributed by atoms with Gasteiger partial charge in [-0.1, -0.05) is 94.6 Å². The van der Waals surface area contributed by atoms with Crippen molar-refractivity contribution in [3.63, 3.8) is 0 Å². The first-order valence-electron chi connectivity index (χ1n) is 18.8. The van der Waals surface area contributed by atoms with E-state index in [0.29, 0.717) is 37.6 Å². The molecule has 8 heteroatoms. The van der Waals surface area contributed by atoms with Crippen molar-refractivity contribution in [3.8, 4) is 0 Å². The van der Waals surface area contributed by atoms with Gasteiger partial charge in [0.15, 0.2) is 8.32 Å². The number of carbonyl (C=O) groups excluding carboxylic acids is 2. The third kappa shape index (κ3) is 9.63. The van der Waals surface area contributed by atoms with Crippen LogP contribution in [0.5, 0.6) is 0 Å². The molecule has 1 heterocycles. The lowest BCUT2D eigenvalue weighted by Gasteiger charge is -2.48. The molecule has 2 aliphatic carbocycles. The molecule has 0 bridgehead atoms. The first kappa shape index (κ1) is 37.7. The number of piperidine rings is 1. The van der Waals surface area contributed by atoms with Gasteiger partial charge in [0.2, 0.25) is 11.8 Å². The van der Waals surface area contributed by atoms with Crippen molar-refractivity contribution >= 4 is 20.1 Å². The van der Waals surface area contributed by atoms with Gasteiger partial charge in [-0.25, -0.2) is 0 Å². The van der Waals surface area contributed by atoms with Gasteiger partial charge in [-0.3, -0.25) is 14.5 Å². The van der Waals surface area contributed by atoms with E-state index in [4.69, 9.17) is 4.43 Å². The van der Waals surface area contributed by atoms with Crippen LogP contribution in [0.1, 0.15) is 103 Å². The average Bonchev–Trinajstić information content (AvgIpc) is 3.33. The van der Waals surface area contributed by atoms with Crippen LogP contribution < -0.4 is 10.6 Å². The lowest BCUT2D eigenvalue weighted by Crippen LogP contribution is -2.59. The Balaban J connectivity index is 1.45. The molecular weight excluding hydrogens is 627 g/mol. The number of aliphatic hydroxyl groups is 1. The van der Waals surface area contributed by atoms with Crippen molar-refractivity contribution in [2.24, 2.45) is 17.8 Å². The van der Waals surface area contributed by atoms with Gasteiger partial charge in [0.05, 0.1) is 24.3 Å². The number of fused-ring (bicyclic) bond motifs is 2. The standard InChI is InChI=1S/C41H63N3O4Si/c1-40(2,3)43-39(47)35-24-29-18-12-13-20-31(29)26-44(35)27-33(48-49(7,8)41(4,5)6)23-32(22-28-16-10-9-11-17-28)38(46)42-37-34-21-15-14-19-30(34)25-36(37)45/h9-11,14-17,19,21,29,31-33,35-37,45H,12-13,18,20,22-27H2,1-8H3,(H,42,46)(H,43,47)/t29-,31+,32+,33-,35-,36+,37-/m0/s1. The highest BCUT2D eigenvalue weighted by atomic mass is 28.4. The predicted octanol–water partition coefficient (Wildman–Crippen LogP) is 7.20. The molecule has 0 radical (unpaired) electrons. The molecule has 270 valence electrons. The third-order valence-electron chi connectivity index (χ3n) is 11.8. The molecule has 3 N–H and O–H groups in total. The zero-order valence-electron chi connectivity index (χ0n) is 31.4. The summed E-state index contributed by atoms with van der Waals surface area (Å²) in [4.78, 5) is 30.8. The zero-order valence-corrected chi connectivity index (χ0v) is 32.4. The quantitative estimate of drug-likeness (QED) is 0.217. The number of benzene rings is 2. The van der Waals surface area contributed by atoms with Crippen LogP contribution in [0.2, 0.25) is 18.1 Å². The molecule has 0 spiro atoms. The molecule has 0 unspecified atom stereocenters. The minimum Gasteiger partial charge on any atom is -0.413 e. The normalized spacial score (nSPS) is 25.9. The SMILES string of the molecule is CC(C)(C)NC(=O)[C@@H]1C[C@@H]2CCCC[C@@H]2CN1C[C@H](C[C@@H](Cc1ccccc1)C(=O)N[C@H]1c2ccccc2C[C@H]1O)O[Si](C)(C)C(C)(C)C. The molecule has 3 aliphatic rings. The maximum atomic E-state index is 14.4. The lowest BCUT2D eigenvalue weighted by atomic mass is 9.72. The molecule has 7 atom stereocenters. The molecule has 2 amide bonds. The Bertz CT molecular complexity index is 1420. The number of hydrogen-bond acceptors (Lipinski definition) is 5. The van der Waals surface area contributed by atoms with Gasteiger partial charge in [-0.05, 0) is 93.1 Å². The van der Waals surface area contributed by atoms with Crippen molar-refractivity contribution in [3.05, 3.63) is 71.3 Å². The lowest BCUT2D eigenvalue weighted by molar-refractivity contribution is -0.133. The van der Waals surface area contributed by atoms with Crippen LogP contribution in [0.3, 0.4) is 0 Å². The molecular formula is C41H63N3O4Si. The molecule has 2 aromatic rings. The van der Waals surface area contributed by atoms with Crippen LogP contribution >= 0.6 is 0 Å². The second-order valence-corrected chi connectivity index (χ2v) is 22.6. The fourth-order valence-corrected chi connectivity index (χ4v) is 9.52. The number of nitrogens with zero attached hydrogens (tertiary/aromatic N) is 1. The summed E-state index contributed by atoms with van der Waals surface area (Å²) in [6.45, 7) is 19.0. The van der Waals surface area contributed by atoms with Gasteiger partial charge in [0.1, 0.15) is 0 Å². The summed E-state index contributed by atoms with van der Waals surface area (Å²) in [5.41, 5.74) is 2.88. The zero-order chi connectivity index (χ0) is 35.6. The van der Waals surface area contributed by atoms with Crippen molar-refractivity contribution in [2.75, 3.05) is 13.1 Å². The molecule has 2 fully saturated rings. The maximum absolute atomic E-state index is 14.4. The molecule has 7 nitrogen and oxygen atoms in total. The van der Waals surface area contributed by atoms with Gasteiger partial charge < -0.3 is 20.2 Å². The number of aliphatic hydroxyl groups excluding tert-OH is 1. The van der Waals surface area contributed by atoms with Crippen LogP contribution in [-0.4, -0.2) is 67.0 Å². The number of hydrogen-bond donors (Lipinski definition) is 3. The van der Waals surface area contributed by atoms with E-state index < -0.39 is 20.5 Å². The Morgan fingerprint density at radius 3 is 2.29 bits per heavy atom. The summed E-state index contributed by atoms with van der Waals surface area (Å²) in [7, 11) is -2.26. The van der Waals surface area contributed by atoms with E-state index in [1.165, 1.54) is 25.7 Å². The first-order valence-corrected chi connectivity index (χ1v) is 21.8. The molecule has 1 aliphatic heterocycles. The van der Waals surface area contributed by atoms with E-state index in [0.717, 1.165) is 29.7 Å². The van der Waals surface area contributed by atoms with Crippen molar-refractivity contribution in [1.29, 1.82) is 0 Å². The van der Waals surface area contributed by atoms with E-state index in [-0.39, 0.29) is 40.5 Å². The second-order valence-electron chi connectivity index (χ2n) is 17.8. The number of nitrogens with one attached hydrogen (secondary N) is 2. The molecule has 0 aromatic heterocycles. The third-order valence-corrected chi connectivity index (χ3v) is 16.3. The van der Waals surface area contributed by atoms with E-state index in [2.05, 4.69) is 82.3 Å². The van der Waals surface area contributed by atoms with Crippen LogP contribution in [0.4, 0.5) is 0 Å². The van der Waals surface area contributed by atoms with Crippen molar-refractivity contribution < 1.29 is 19.1 Å². The Morgan fingerprint density at radius 2 is 1.61 bits per heavy atom. The average molecular weight is 690 g/mol. The highest BCUT2D eigenvalue weighted by Gasteiger charge is 2.45. The second kappa shape index (κ2) is 15.4. The van der Waals surface area contributed by atoms with E-state index in [1.807, 2.05) is 42.5 Å². The molecule has 49 heavy (non-hydrogen) atoms. The topological polar surface area (TPSA) is 90.9 Å². The van der Waals surface area contributed by atoms with E-state index in [1.54, 1.807) is 0 Å². The fraction of sp³-hybridized carbons (Fsp3) is 0.659. The van der Waals surface area contributed by atoms with Crippen LogP contribution in [0, 0.1) is 17.8 Å². The monoisotopic (exact) mass is 689 g/mol. The van der Waals surface area contributed by atoms with Gasteiger partial charge in [0, 0.05) is 31.0 Å². The Labute approximate surface area is 297 Å². The summed E-state index contributed by atoms with van der Waals surface area (Å²) in [6, 6.07) is 17.6. The molecule has 1 saturated heterocycles. The molecule has 5 rings (SSSR count). The Kier molecular flexibility index (Phi) is 11.8. The van der Waals surface area contributed by atoms with Gasteiger partial charge in [-0.2, -0.15) is 0 Å². The highest BCUT2D eigenvalue weighted by molar-refractivity contribution is 6.74. The summed E-state index contributed by atoms with van der Waals surface area (Å²) >= 11 is 0. The van der Waals surface area contributed by atoms with Crippen molar-refractivity contribution in [1.82, 2.24) is 15.5 Å². The summed E-state index contributed by atoms with van der Waals surface area (Å²) in [5, 5.41) is 17.6. The molecule has 1 saturated carbocycles. The minimum absolute atomic E-state index is 0.0144. The summed E-state index contributed by atoms with van der Waals surface area (Å²) in [5.74, 6) is 0.855. The number of amides is 2. The first-order chi connectivity index (χ1) is 23.0. The number of rotatable bonds is 11. The maximum Gasteiger partial charge on any atom is 0.237 e. The number of carbonyl (C=O) groups is 2. The smallest absolute Gasteiger partial charge is 0.237 e. The highest BCUT2D eigenvalue weighted by Crippen LogP contribution is 2.41.